The van der Waals surface area contributed by atoms with Gasteiger partial charge < -0.3 is 9.84 Å². The van der Waals surface area contributed by atoms with Gasteiger partial charge in [0.05, 0.1) is 12.4 Å². The van der Waals surface area contributed by atoms with E-state index in [0.29, 0.717) is 6.42 Å². The third-order valence-electron chi connectivity index (χ3n) is 2.13. The fourth-order valence-electron chi connectivity index (χ4n) is 1.15. The maximum Gasteiger partial charge on any atom is 0.214 e. The largest absolute Gasteiger partial charge is 0.396 e. The third-order valence-corrected chi connectivity index (χ3v) is 3.50. The summed E-state index contributed by atoms with van der Waals surface area (Å²) in [5.41, 5.74) is 0. The van der Waals surface area contributed by atoms with Crippen LogP contribution in [0.2, 0.25) is 0 Å². The fourth-order valence-corrected chi connectivity index (χ4v) is 2.51. The molecule has 0 heterocycles. The summed E-state index contributed by atoms with van der Waals surface area (Å²) in [6.07, 6.45) is 0.434. The highest BCUT2D eigenvalue weighted by Crippen LogP contribution is 2.07. The van der Waals surface area contributed by atoms with E-state index < -0.39 is 10.0 Å². The Labute approximate surface area is 91.9 Å². The highest BCUT2D eigenvalue weighted by molar-refractivity contribution is 7.89. The van der Waals surface area contributed by atoms with Crippen molar-refractivity contribution in [2.75, 3.05) is 26.1 Å². The van der Waals surface area contributed by atoms with Crippen molar-refractivity contribution in [3.05, 3.63) is 0 Å². The average molecular weight is 239 g/mol. The summed E-state index contributed by atoms with van der Waals surface area (Å²) in [6.45, 7) is 3.99. The van der Waals surface area contributed by atoms with Gasteiger partial charge in [-0.1, -0.05) is 13.8 Å². The van der Waals surface area contributed by atoms with Crippen LogP contribution >= 0.6 is 0 Å². The van der Waals surface area contributed by atoms with Gasteiger partial charge >= 0.3 is 0 Å². The van der Waals surface area contributed by atoms with Gasteiger partial charge in [-0.15, -0.1) is 0 Å². The summed E-state index contributed by atoms with van der Waals surface area (Å²) in [7, 11) is -1.83. The van der Waals surface area contributed by atoms with Crippen LogP contribution in [-0.2, 0) is 14.8 Å². The summed E-state index contributed by atoms with van der Waals surface area (Å²) in [4.78, 5) is 0. The Morgan fingerprint density at radius 1 is 1.40 bits per heavy atom. The molecule has 1 unspecified atom stereocenters. The van der Waals surface area contributed by atoms with Crippen molar-refractivity contribution in [3.8, 4) is 0 Å². The highest BCUT2D eigenvalue weighted by atomic mass is 32.2. The monoisotopic (exact) mass is 239 g/mol. The predicted molar refractivity (Wildman–Crippen MR) is 59.1 cm³/mol. The molecule has 0 rings (SSSR count). The van der Waals surface area contributed by atoms with Crippen LogP contribution < -0.4 is 4.72 Å². The zero-order valence-electron chi connectivity index (χ0n) is 9.56. The molecule has 15 heavy (non-hydrogen) atoms. The molecule has 0 fully saturated rings. The second-order valence-electron chi connectivity index (χ2n) is 3.79. The first-order chi connectivity index (χ1) is 6.93. The number of aliphatic hydroxyl groups excluding tert-OH is 1. The molecular weight excluding hydrogens is 218 g/mol. The molecule has 0 saturated heterocycles. The van der Waals surface area contributed by atoms with Gasteiger partial charge in [-0.05, 0) is 12.3 Å². The smallest absolute Gasteiger partial charge is 0.214 e. The summed E-state index contributed by atoms with van der Waals surface area (Å²) < 4.78 is 30.3. The number of sulfonamides is 1. The summed E-state index contributed by atoms with van der Waals surface area (Å²) >= 11 is 0. The SMILES string of the molecule is COCCS(=O)(=O)NC(CCO)C(C)C. The number of hydrogen-bond donors (Lipinski definition) is 2. The van der Waals surface area contributed by atoms with Crippen molar-refractivity contribution < 1.29 is 18.3 Å². The van der Waals surface area contributed by atoms with Crippen LogP contribution in [0, 0.1) is 5.92 Å². The van der Waals surface area contributed by atoms with Crippen molar-refractivity contribution in [1.29, 1.82) is 0 Å². The normalized spacial score (nSPS) is 14.5. The second kappa shape index (κ2) is 7.16. The lowest BCUT2D eigenvalue weighted by Crippen LogP contribution is -2.41. The van der Waals surface area contributed by atoms with Crippen molar-refractivity contribution in [3.63, 3.8) is 0 Å². The molecule has 2 N–H and O–H groups in total. The second-order valence-corrected chi connectivity index (χ2v) is 5.67. The lowest BCUT2D eigenvalue weighted by molar-refractivity contribution is 0.216. The minimum atomic E-state index is -3.30. The maximum absolute atomic E-state index is 11.5. The van der Waals surface area contributed by atoms with Crippen molar-refractivity contribution in [2.45, 2.75) is 26.3 Å². The lowest BCUT2D eigenvalue weighted by atomic mass is 10.0. The van der Waals surface area contributed by atoms with Crippen LogP contribution in [0.1, 0.15) is 20.3 Å². The molecule has 92 valence electrons. The Balaban J connectivity index is 4.25. The van der Waals surface area contributed by atoms with Crippen LogP contribution in [0.3, 0.4) is 0 Å². The first kappa shape index (κ1) is 14.8. The molecular formula is C9H21NO4S. The van der Waals surface area contributed by atoms with Gasteiger partial charge in [0, 0.05) is 19.8 Å². The molecule has 1 atom stereocenters. The minimum absolute atomic E-state index is 0.0182. The molecule has 0 aliphatic rings. The molecule has 0 aliphatic carbocycles. The van der Waals surface area contributed by atoms with Gasteiger partial charge in [0.15, 0.2) is 0 Å². The van der Waals surface area contributed by atoms with Crippen molar-refractivity contribution in [1.82, 2.24) is 4.72 Å². The van der Waals surface area contributed by atoms with E-state index in [0.717, 1.165) is 0 Å². The molecule has 0 radical (unpaired) electrons. The molecule has 0 aliphatic heterocycles. The number of rotatable bonds is 8. The number of ether oxygens (including phenoxy) is 1. The topological polar surface area (TPSA) is 75.6 Å². The Kier molecular flexibility index (Phi) is 7.08. The summed E-state index contributed by atoms with van der Waals surface area (Å²) in [6, 6.07) is -0.211. The van der Waals surface area contributed by atoms with Crippen LogP contribution in [0.5, 0.6) is 0 Å². The first-order valence-corrected chi connectivity index (χ1v) is 6.68. The molecule has 0 amide bonds. The van der Waals surface area contributed by atoms with Crippen molar-refractivity contribution in [2.24, 2.45) is 5.92 Å². The third kappa shape index (κ3) is 6.83. The van der Waals surface area contributed by atoms with E-state index in [4.69, 9.17) is 9.84 Å². The number of methoxy groups -OCH3 is 1. The van der Waals surface area contributed by atoms with E-state index >= 15 is 0 Å². The van der Waals surface area contributed by atoms with Crippen LogP contribution in [0.4, 0.5) is 0 Å². The lowest BCUT2D eigenvalue weighted by Gasteiger charge is -2.21. The zero-order valence-corrected chi connectivity index (χ0v) is 10.4. The van der Waals surface area contributed by atoms with Gasteiger partial charge in [-0.3, -0.25) is 0 Å². The molecule has 0 aromatic heterocycles. The van der Waals surface area contributed by atoms with Gasteiger partial charge in [0.1, 0.15) is 0 Å². The van der Waals surface area contributed by atoms with E-state index in [-0.39, 0.29) is 30.9 Å². The zero-order chi connectivity index (χ0) is 11.9. The van der Waals surface area contributed by atoms with E-state index in [1.807, 2.05) is 13.8 Å². The predicted octanol–water partition coefficient (Wildman–Crippen LogP) is -0.0408. The van der Waals surface area contributed by atoms with Crippen LogP contribution in [-0.4, -0.2) is 45.6 Å². The Morgan fingerprint density at radius 2 is 2.00 bits per heavy atom. The van der Waals surface area contributed by atoms with Crippen LogP contribution in [0.15, 0.2) is 0 Å². The molecule has 0 bridgehead atoms. The molecule has 0 spiro atoms. The van der Waals surface area contributed by atoms with Gasteiger partial charge in [0.2, 0.25) is 10.0 Å². The minimum Gasteiger partial charge on any atom is -0.396 e. The Bertz CT molecular complexity index is 251. The highest BCUT2D eigenvalue weighted by Gasteiger charge is 2.19. The fraction of sp³-hybridized carbons (Fsp3) is 1.00. The molecule has 0 saturated carbocycles. The van der Waals surface area contributed by atoms with E-state index in [1.54, 1.807) is 0 Å². The summed E-state index contributed by atoms with van der Waals surface area (Å²) in [5, 5.41) is 8.80. The molecule has 0 aromatic carbocycles. The van der Waals surface area contributed by atoms with E-state index in [9.17, 15) is 8.42 Å². The van der Waals surface area contributed by atoms with E-state index in [2.05, 4.69) is 4.72 Å². The van der Waals surface area contributed by atoms with Gasteiger partial charge in [-0.25, -0.2) is 13.1 Å². The molecule has 0 aromatic rings. The Morgan fingerprint density at radius 3 is 2.40 bits per heavy atom. The van der Waals surface area contributed by atoms with Gasteiger partial charge in [0.25, 0.3) is 0 Å². The quantitative estimate of drug-likeness (QED) is 0.623. The van der Waals surface area contributed by atoms with Crippen molar-refractivity contribution >= 4 is 10.0 Å². The average Bonchev–Trinajstić information content (AvgIpc) is 2.14. The first-order valence-electron chi connectivity index (χ1n) is 5.02. The standard InChI is InChI=1S/C9H21NO4S/c1-8(2)9(4-5-11)10-15(12,13)7-6-14-3/h8-11H,4-7H2,1-3H3. The summed E-state index contributed by atoms with van der Waals surface area (Å²) in [5.74, 6) is 0.118. The number of aliphatic hydroxyl groups is 1. The number of hydrogen-bond acceptors (Lipinski definition) is 4. The van der Waals surface area contributed by atoms with E-state index in [1.165, 1.54) is 7.11 Å². The maximum atomic E-state index is 11.5. The van der Waals surface area contributed by atoms with Crippen LogP contribution in [0.25, 0.3) is 0 Å². The molecule has 5 nitrogen and oxygen atoms in total. The Hall–Kier alpha value is -0.170. The number of nitrogens with one attached hydrogen (secondary N) is 1. The van der Waals surface area contributed by atoms with Gasteiger partial charge in [-0.2, -0.15) is 0 Å². The molecule has 6 heteroatoms.